The van der Waals surface area contributed by atoms with Crippen molar-refractivity contribution in [3.05, 3.63) is 0 Å². The third kappa shape index (κ3) is 29.1. The Balaban J connectivity index is -0.000000341. The third-order valence-electron chi connectivity index (χ3n) is 2.31. The van der Waals surface area contributed by atoms with Crippen LogP contribution in [0.4, 0.5) is 0 Å². The van der Waals surface area contributed by atoms with Crippen LogP contribution in [-0.2, 0) is 19.2 Å². The summed E-state index contributed by atoms with van der Waals surface area (Å²) in [4.78, 5) is 39.1. The molecule has 13 nitrogen and oxygen atoms in total. The van der Waals surface area contributed by atoms with E-state index in [0.29, 0.717) is 19.4 Å². The number of carboxylic acid groups (broad SMARTS) is 4. The summed E-state index contributed by atoms with van der Waals surface area (Å²) in [5, 5.41) is 41.4. The van der Waals surface area contributed by atoms with Crippen molar-refractivity contribution >= 4 is 29.8 Å². The first-order valence-electron chi connectivity index (χ1n) is 7.27. The smallest absolute Gasteiger partial charge is 0.320 e. The van der Waals surface area contributed by atoms with Gasteiger partial charge in [-0.1, -0.05) is 0 Å². The van der Waals surface area contributed by atoms with Crippen LogP contribution in [0.15, 0.2) is 0 Å². The maximum atomic E-state index is 10.2. The zero-order chi connectivity index (χ0) is 21.3. The second-order valence-corrected chi connectivity index (χ2v) is 4.82. The normalized spacial score (nSPS) is 11.3. The van der Waals surface area contributed by atoms with Crippen LogP contribution in [0.25, 0.3) is 0 Å². The van der Waals surface area contributed by atoms with E-state index >= 15 is 0 Å². The van der Waals surface area contributed by atoms with Gasteiger partial charge in [-0.25, -0.2) is 0 Å². The molecule has 0 saturated carbocycles. The molecule has 13 heteroatoms. The molecule has 0 amide bonds. The number of rotatable bonds is 9. The highest BCUT2D eigenvalue weighted by atomic mass is 16.4. The summed E-state index contributed by atoms with van der Waals surface area (Å²) in [6.07, 6.45) is 0.751. The van der Waals surface area contributed by atoms with E-state index in [-0.39, 0.29) is 18.8 Å². The summed E-state index contributed by atoms with van der Waals surface area (Å²) < 4.78 is 0. The molecule has 26 heavy (non-hydrogen) atoms. The molecule has 0 heterocycles. The lowest BCUT2D eigenvalue weighted by molar-refractivity contribution is -0.140. The Labute approximate surface area is 149 Å². The van der Waals surface area contributed by atoms with E-state index in [1.165, 1.54) is 0 Å². The molecule has 0 fully saturated rings. The number of nitrogens with one attached hydrogen (secondary N) is 2. The van der Waals surface area contributed by atoms with Crippen molar-refractivity contribution in [2.45, 2.75) is 44.7 Å². The maximum Gasteiger partial charge on any atom is 0.320 e. The minimum Gasteiger partial charge on any atom is -0.481 e. The Bertz CT molecular complexity index is 467. The highest BCUT2D eigenvalue weighted by molar-refractivity contribution is 5.75. The summed E-state index contributed by atoms with van der Waals surface area (Å²) in [5.74, 6) is -4.14. The van der Waals surface area contributed by atoms with Gasteiger partial charge < -0.3 is 42.9 Å². The van der Waals surface area contributed by atoms with Gasteiger partial charge in [0.25, 0.3) is 5.97 Å². The maximum absolute atomic E-state index is 10.2. The predicted octanol–water partition coefficient (Wildman–Crippen LogP) is -1.98. The molecule has 2 atom stereocenters. The number of nitrogens with two attached hydrogens (primary N) is 3. The Hall–Kier alpha value is -2.93. The second kappa shape index (κ2) is 16.9. The average molecular weight is 381 g/mol. The van der Waals surface area contributed by atoms with Gasteiger partial charge in [-0.15, -0.1) is 0 Å². The molecule has 152 valence electrons. The predicted molar refractivity (Wildman–Crippen MR) is 90.6 cm³/mol. The van der Waals surface area contributed by atoms with Gasteiger partial charge in [0.15, 0.2) is 5.96 Å². The Morgan fingerprint density at radius 2 is 1.35 bits per heavy atom. The van der Waals surface area contributed by atoms with Crippen LogP contribution >= 0.6 is 0 Å². The Morgan fingerprint density at radius 3 is 1.65 bits per heavy atom. The van der Waals surface area contributed by atoms with Crippen molar-refractivity contribution in [3.8, 4) is 0 Å². The lowest BCUT2D eigenvalue weighted by Crippen LogP contribution is -2.34. The first-order valence-corrected chi connectivity index (χ1v) is 7.27. The molecule has 0 radical (unpaired) electrons. The van der Waals surface area contributed by atoms with Crippen LogP contribution in [0.1, 0.15) is 32.6 Å². The van der Waals surface area contributed by atoms with E-state index in [9.17, 15) is 14.4 Å². The summed E-state index contributed by atoms with van der Waals surface area (Å²) in [5.41, 5.74) is 15.2. The number of carbonyl (C=O) groups is 4. The Kier molecular flexibility index (Phi) is 18.1. The van der Waals surface area contributed by atoms with Crippen LogP contribution < -0.4 is 22.5 Å². The van der Waals surface area contributed by atoms with E-state index in [1.54, 1.807) is 0 Å². The fourth-order valence-corrected chi connectivity index (χ4v) is 1.07. The zero-order valence-corrected chi connectivity index (χ0v) is 14.3. The van der Waals surface area contributed by atoms with Crippen LogP contribution in [0.3, 0.4) is 0 Å². The minimum atomic E-state index is -1.17. The highest BCUT2D eigenvalue weighted by Crippen LogP contribution is 1.93. The van der Waals surface area contributed by atoms with Crippen molar-refractivity contribution in [2.75, 3.05) is 6.54 Å². The number of hydrogen-bond donors (Lipinski definition) is 9. The lowest BCUT2D eigenvalue weighted by Gasteiger charge is -2.06. The second-order valence-electron chi connectivity index (χ2n) is 4.82. The molecule has 0 rings (SSSR count). The molecule has 0 unspecified atom stereocenters. The summed E-state index contributed by atoms with van der Waals surface area (Å²) in [6, 6.07) is -1.88. The number of guanidine groups is 1. The number of hydrogen-bond acceptors (Lipinski definition) is 7. The van der Waals surface area contributed by atoms with E-state index in [0.717, 1.165) is 6.92 Å². The molecular weight excluding hydrogens is 354 g/mol. The summed E-state index contributed by atoms with van der Waals surface area (Å²) in [7, 11) is 0. The third-order valence-corrected chi connectivity index (χ3v) is 2.31. The summed E-state index contributed by atoms with van der Waals surface area (Å²) in [6.45, 7) is 1.57. The molecule has 0 aliphatic carbocycles. The van der Waals surface area contributed by atoms with Gasteiger partial charge >= 0.3 is 17.9 Å². The van der Waals surface area contributed by atoms with Gasteiger partial charge in [-0.2, -0.15) is 0 Å². The van der Waals surface area contributed by atoms with Gasteiger partial charge in [-0.3, -0.25) is 24.6 Å². The molecule has 12 N–H and O–H groups in total. The fourth-order valence-electron chi connectivity index (χ4n) is 1.07. The monoisotopic (exact) mass is 381 g/mol. The quantitative estimate of drug-likeness (QED) is 0.119. The molecule has 0 bridgehead atoms. The fraction of sp³-hybridized carbons (Fsp3) is 0.615. The highest BCUT2D eigenvalue weighted by Gasteiger charge is 2.12. The molecule has 0 spiro atoms. The average Bonchev–Trinajstić information content (AvgIpc) is 2.48. The van der Waals surface area contributed by atoms with Crippen LogP contribution in [0.5, 0.6) is 0 Å². The molecule has 0 aliphatic rings. The van der Waals surface area contributed by atoms with Gasteiger partial charge in [0.1, 0.15) is 12.1 Å². The standard InChI is InChI=1S/C6H14N4O2.C5H9NO4.C2H4O2/c7-4(5(11)12)2-1-3-10-6(8)9;6-3(5(9)10)1-2-4(7)8;1-2(3)4/h4H,1-3,7H2,(H,11,12)(H4,8,9,10);3H,1-2,6H2,(H,7,8)(H,9,10);1H3,(H,3,4)/t4-;3-;/m00./s1. The van der Waals surface area contributed by atoms with Crippen LogP contribution in [-0.4, -0.2) is 68.9 Å². The van der Waals surface area contributed by atoms with E-state index in [4.69, 9.17) is 47.8 Å². The summed E-state index contributed by atoms with van der Waals surface area (Å²) >= 11 is 0. The van der Waals surface area contributed by atoms with Gasteiger partial charge in [0.05, 0.1) is 0 Å². The zero-order valence-electron chi connectivity index (χ0n) is 14.3. The van der Waals surface area contributed by atoms with E-state index < -0.39 is 36.0 Å². The first-order chi connectivity index (χ1) is 11.8. The van der Waals surface area contributed by atoms with Gasteiger partial charge in [0.2, 0.25) is 0 Å². The SMILES string of the molecule is CC(=O)O.N=C(N)NCCC[C@H](N)C(=O)O.N[C@@H](CCC(=O)O)C(=O)O. The van der Waals surface area contributed by atoms with Crippen molar-refractivity contribution in [2.24, 2.45) is 17.2 Å². The van der Waals surface area contributed by atoms with Crippen molar-refractivity contribution in [3.63, 3.8) is 0 Å². The molecule has 0 aromatic heterocycles. The van der Waals surface area contributed by atoms with Crippen molar-refractivity contribution in [1.29, 1.82) is 5.41 Å². The van der Waals surface area contributed by atoms with Gasteiger partial charge in [-0.05, 0) is 19.3 Å². The largest absolute Gasteiger partial charge is 0.481 e. The van der Waals surface area contributed by atoms with Gasteiger partial charge in [0, 0.05) is 19.9 Å². The Morgan fingerprint density at radius 1 is 0.962 bits per heavy atom. The van der Waals surface area contributed by atoms with Crippen molar-refractivity contribution < 1.29 is 39.6 Å². The molecule has 0 aromatic rings. The van der Waals surface area contributed by atoms with E-state index in [1.807, 2.05) is 0 Å². The molecule has 0 saturated heterocycles. The molecular formula is C13H27N5O8. The molecule has 0 aliphatic heterocycles. The minimum absolute atomic E-state index is 0.0231. The lowest BCUT2D eigenvalue weighted by atomic mass is 10.2. The van der Waals surface area contributed by atoms with Crippen LogP contribution in [0.2, 0.25) is 0 Å². The number of aliphatic carboxylic acids is 4. The van der Waals surface area contributed by atoms with Crippen LogP contribution in [0, 0.1) is 5.41 Å². The topological polar surface area (TPSA) is 263 Å². The van der Waals surface area contributed by atoms with E-state index in [2.05, 4.69) is 5.32 Å². The molecule has 0 aromatic carbocycles. The number of carboxylic acids is 4. The first kappa shape index (κ1) is 27.9. The van der Waals surface area contributed by atoms with Crippen molar-refractivity contribution in [1.82, 2.24) is 5.32 Å².